The van der Waals surface area contributed by atoms with Gasteiger partial charge in [0.25, 0.3) is 0 Å². The van der Waals surface area contributed by atoms with E-state index in [-0.39, 0.29) is 5.92 Å². The van der Waals surface area contributed by atoms with E-state index in [1.165, 1.54) is 0 Å². The lowest BCUT2D eigenvalue weighted by molar-refractivity contribution is 0.111. The molecule has 2 aromatic carbocycles. The van der Waals surface area contributed by atoms with Crippen molar-refractivity contribution in [1.82, 2.24) is 15.0 Å². The quantitative estimate of drug-likeness (QED) is 0.678. The van der Waals surface area contributed by atoms with E-state index in [2.05, 4.69) is 34.6 Å². The summed E-state index contributed by atoms with van der Waals surface area (Å²) in [5, 5.41) is 8.14. The van der Waals surface area contributed by atoms with Crippen molar-refractivity contribution in [3.05, 3.63) is 83.2 Å². The summed E-state index contributed by atoms with van der Waals surface area (Å²) in [6.45, 7) is 2.67. The Morgan fingerprint density at radius 3 is 2.00 bits per heavy atom. The van der Waals surface area contributed by atoms with Crippen LogP contribution in [0.3, 0.4) is 0 Å². The number of aryl methyl sites for hydroxylation is 1. The zero-order chi connectivity index (χ0) is 15.4. The van der Waals surface area contributed by atoms with Crippen LogP contribution >= 0.6 is 0 Å². The third kappa shape index (κ3) is 2.55. The molecule has 1 aromatic heterocycles. The summed E-state index contributed by atoms with van der Waals surface area (Å²) in [6, 6.07) is 20.3. The largest absolute Gasteiger partial charge is 0.296 e. The fourth-order valence-electron chi connectivity index (χ4n) is 2.75. The third-order valence-corrected chi connectivity index (χ3v) is 3.75. The fourth-order valence-corrected chi connectivity index (χ4v) is 2.75. The number of carbonyl (C=O) groups is 1. The molecule has 0 spiro atoms. The number of hydrogen-bond donors (Lipinski definition) is 0. The molecule has 3 aromatic rings. The molecule has 0 fully saturated rings. The molecular weight excluding hydrogens is 274 g/mol. The molecule has 0 amide bonds. The molecule has 22 heavy (non-hydrogen) atoms. The predicted octanol–water partition coefficient (Wildman–Crippen LogP) is 3.29. The lowest BCUT2D eigenvalue weighted by atomic mass is 9.87. The molecule has 0 atom stereocenters. The number of carbonyl (C=O) groups excluding carboxylic acids is 1. The second-order valence-electron chi connectivity index (χ2n) is 5.05. The summed E-state index contributed by atoms with van der Waals surface area (Å²) in [6.07, 6.45) is 0.785. The summed E-state index contributed by atoms with van der Waals surface area (Å²) >= 11 is 0. The van der Waals surface area contributed by atoms with Crippen molar-refractivity contribution in [3.63, 3.8) is 0 Å². The monoisotopic (exact) mass is 291 g/mol. The number of benzene rings is 2. The normalized spacial score (nSPS) is 10.8. The van der Waals surface area contributed by atoms with Crippen LogP contribution < -0.4 is 0 Å². The summed E-state index contributed by atoms with van der Waals surface area (Å²) < 4.78 is 1.80. The molecule has 0 aliphatic rings. The minimum absolute atomic E-state index is 0.0578. The zero-order valence-electron chi connectivity index (χ0n) is 12.4. The summed E-state index contributed by atoms with van der Waals surface area (Å²) in [4.78, 5) is 11.4. The van der Waals surface area contributed by atoms with Gasteiger partial charge in [-0.3, -0.25) is 4.79 Å². The molecule has 0 aliphatic heterocycles. The summed E-state index contributed by atoms with van der Waals surface area (Å²) in [5.41, 5.74) is 3.48. The first-order valence-electron chi connectivity index (χ1n) is 7.33. The van der Waals surface area contributed by atoms with Gasteiger partial charge in [-0.05, 0) is 18.1 Å². The second-order valence-corrected chi connectivity index (χ2v) is 5.05. The van der Waals surface area contributed by atoms with E-state index in [0.717, 1.165) is 23.1 Å². The van der Waals surface area contributed by atoms with Crippen molar-refractivity contribution in [2.45, 2.75) is 19.4 Å². The highest BCUT2D eigenvalue weighted by Crippen LogP contribution is 2.32. The van der Waals surface area contributed by atoms with E-state index in [1.807, 2.05) is 43.3 Å². The highest BCUT2D eigenvalue weighted by Gasteiger charge is 2.25. The Morgan fingerprint density at radius 2 is 1.55 bits per heavy atom. The number of aldehydes is 1. The topological polar surface area (TPSA) is 47.8 Å². The van der Waals surface area contributed by atoms with Crippen molar-refractivity contribution >= 4 is 6.29 Å². The molecule has 0 unspecified atom stereocenters. The summed E-state index contributed by atoms with van der Waals surface area (Å²) in [5.74, 6) is -0.0578. The van der Waals surface area contributed by atoms with Crippen LogP contribution in [-0.4, -0.2) is 21.3 Å². The lowest BCUT2D eigenvalue weighted by Gasteiger charge is -2.19. The fraction of sp³-hybridized carbons (Fsp3) is 0.167. The van der Waals surface area contributed by atoms with Gasteiger partial charge in [0.1, 0.15) is 5.69 Å². The van der Waals surface area contributed by atoms with Gasteiger partial charge in [0.15, 0.2) is 6.29 Å². The van der Waals surface area contributed by atoms with Crippen LogP contribution in [0.5, 0.6) is 0 Å². The Balaban J connectivity index is 2.23. The molecule has 0 saturated heterocycles. The lowest BCUT2D eigenvalue weighted by Crippen LogP contribution is -2.12. The van der Waals surface area contributed by atoms with E-state index in [1.54, 1.807) is 4.68 Å². The molecule has 0 N–H and O–H groups in total. The highest BCUT2D eigenvalue weighted by atomic mass is 16.1. The molecule has 1 heterocycles. The van der Waals surface area contributed by atoms with Crippen LogP contribution in [-0.2, 0) is 6.54 Å². The Hall–Kier alpha value is -2.75. The average molecular weight is 291 g/mol. The molecule has 3 rings (SSSR count). The number of rotatable bonds is 5. The maximum atomic E-state index is 11.4. The van der Waals surface area contributed by atoms with Gasteiger partial charge in [-0.2, -0.15) is 0 Å². The maximum Gasteiger partial charge on any atom is 0.172 e. The van der Waals surface area contributed by atoms with Crippen LogP contribution in [0.4, 0.5) is 0 Å². The van der Waals surface area contributed by atoms with Gasteiger partial charge in [0.05, 0.1) is 11.6 Å². The molecule has 110 valence electrons. The Morgan fingerprint density at radius 1 is 1.00 bits per heavy atom. The van der Waals surface area contributed by atoms with Crippen molar-refractivity contribution in [3.8, 4) is 0 Å². The first-order valence-corrected chi connectivity index (χ1v) is 7.33. The van der Waals surface area contributed by atoms with Gasteiger partial charge < -0.3 is 0 Å². The van der Waals surface area contributed by atoms with Crippen LogP contribution in [0.25, 0.3) is 0 Å². The van der Waals surface area contributed by atoms with E-state index in [4.69, 9.17) is 0 Å². The number of nitrogens with zero attached hydrogens (tertiary/aromatic N) is 3. The van der Waals surface area contributed by atoms with E-state index in [9.17, 15) is 4.79 Å². The molecular formula is C18H17N3O. The SMILES string of the molecule is CCn1nnc(C=O)c1C(c1ccccc1)c1ccccc1. The predicted molar refractivity (Wildman–Crippen MR) is 84.9 cm³/mol. The van der Waals surface area contributed by atoms with Crippen LogP contribution in [0.15, 0.2) is 60.7 Å². The number of aromatic nitrogens is 3. The van der Waals surface area contributed by atoms with Crippen LogP contribution in [0, 0.1) is 0 Å². The molecule has 0 radical (unpaired) electrons. The van der Waals surface area contributed by atoms with Gasteiger partial charge in [-0.15, -0.1) is 5.10 Å². The standard InChI is InChI=1S/C18H17N3O/c1-2-21-18(16(13-22)19-20-21)17(14-9-5-3-6-10-14)15-11-7-4-8-12-15/h3-13,17H,2H2,1H3. The average Bonchev–Trinajstić information content (AvgIpc) is 3.00. The van der Waals surface area contributed by atoms with E-state index >= 15 is 0 Å². The van der Waals surface area contributed by atoms with Crippen molar-refractivity contribution in [2.75, 3.05) is 0 Å². The molecule has 0 saturated carbocycles. The van der Waals surface area contributed by atoms with E-state index < -0.39 is 0 Å². The minimum atomic E-state index is -0.0578. The first-order chi connectivity index (χ1) is 10.8. The molecule has 0 bridgehead atoms. The van der Waals surface area contributed by atoms with Gasteiger partial charge in [-0.1, -0.05) is 65.9 Å². The van der Waals surface area contributed by atoms with Gasteiger partial charge in [0.2, 0.25) is 0 Å². The van der Waals surface area contributed by atoms with E-state index in [0.29, 0.717) is 12.2 Å². The number of hydrogen-bond acceptors (Lipinski definition) is 3. The first kappa shape index (κ1) is 14.2. The van der Waals surface area contributed by atoms with Crippen LogP contribution in [0.2, 0.25) is 0 Å². The molecule has 0 aliphatic carbocycles. The maximum absolute atomic E-state index is 11.4. The Kier molecular flexibility index (Phi) is 4.10. The Bertz CT molecular complexity index is 711. The van der Waals surface area contributed by atoms with Gasteiger partial charge >= 0.3 is 0 Å². The van der Waals surface area contributed by atoms with Crippen molar-refractivity contribution < 1.29 is 4.79 Å². The van der Waals surface area contributed by atoms with Crippen LogP contribution in [0.1, 0.15) is 40.2 Å². The summed E-state index contributed by atoms with van der Waals surface area (Å²) in [7, 11) is 0. The Labute approximate surface area is 129 Å². The zero-order valence-corrected chi connectivity index (χ0v) is 12.4. The van der Waals surface area contributed by atoms with Gasteiger partial charge in [-0.25, -0.2) is 4.68 Å². The van der Waals surface area contributed by atoms with Crippen molar-refractivity contribution in [2.24, 2.45) is 0 Å². The smallest absolute Gasteiger partial charge is 0.172 e. The van der Waals surface area contributed by atoms with Gasteiger partial charge in [0, 0.05) is 6.54 Å². The van der Waals surface area contributed by atoms with Crippen molar-refractivity contribution in [1.29, 1.82) is 0 Å². The third-order valence-electron chi connectivity index (χ3n) is 3.75. The molecule has 4 heteroatoms. The second kappa shape index (κ2) is 6.35. The minimum Gasteiger partial charge on any atom is -0.296 e. The molecule has 4 nitrogen and oxygen atoms in total. The highest BCUT2D eigenvalue weighted by molar-refractivity contribution is 5.74.